The van der Waals surface area contributed by atoms with Crippen molar-refractivity contribution < 1.29 is 0 Å². The SMILES string of the molecule is Cc1nn(C2CCCNC2)c2cccc(-c3cnn(C4CC5CNCC5C4)c3)c12. The van der Waals surface area contributed by atoms with Crippen molar-refractivity contribution in [1.82, 2.24) is 30.2 Å². The Balaban J connectivity index is 1.35. The molecule has 2 N–H and O–H groups in total. The molecule has 1 aliphatic carbocycles. The number of aromatic nitrogens is 4. The lowest BCUT2D eigenvalue weighted by Gasteiger charge is -2.23. The van der Waals surface area contributed by atoms with Crippen molar-refractivity contribution >= 4 is 10.9 Å². The zero-order chi connectivity index (χ0) is 19.4. The standard InChI is InChI=1S/C23H30N6/c1-15-23-21(5-2-6-22(23)29(27-15)19-4-3-7-24-13-19)18-12-26-28(14-18)20-8-16-10-25-11-17(16)9-20/h2,5-6,12,14,16-17,19-20,24-25H,3-4,7-11,13H2,1H3. The van der Waals surface area contributed by atoms with Crippen LogP contribution in [-0.2, 0) is 0 Å². The highest BCUT2D eigenvalue weighted by Crippen LogP contribution is 2.42. The predicted octanol–water partition coefficient (Wildman–Crippen LogP) is 3.30. The molecule has 4 heterocycles. The van der Waals surface area contributed by atoms with Gasteiger partial charge < -0.3 is 10.6 Å². The van der Waals surface area contributed by atoms with Gasteiger partial charge in [-0.05, 0) is 75.7 Å². The molecule has 1 aromatic carbocycles. The number of nitrogens with zero attached hydrogens (tertiary/aromatic N) is 4. The normalized spacial score (nSPS) is 29.6. The molecule has 3 unspecified atom stereocenters. The molecule has 2 aromatic heterocycles. The quantitative estimate of drug-likeness (QED) is 0.720. The minimum atomic E-state index is 0.449. The van der Waals surface area contributed by atoms with Gasteiger partial charge in [0.2, 0.25) is 0 Å². The second-order valence-corrected chi connectivity index (χ2v) is 9.24. The molecule has 0 amide bonds. The smallest absolute Gasteiger partial charge is 0.0695 e. The molecule has 0 bridgehead atoms. The van der Waals surface area contributed by atoms with Crippen LogP contribution in [0.15, 0.2) is 30.6 Å². The van der Waals surface area contributed by atoms with Crippen LogP contribution >= 0.6 is 0 Å². The summed E-state index contributed by atoms with van der Waals surface area (Å²) in [5.74, 6) is 1.67. The van der Waals surface area contributed by atoms with Crippen molar-refractivity contribution in [2.24, 2.45) is 11.8 Å². The van der Waals surface area contributed by atoms with Crippen LogP contribution < -0.4 is 10.6 Å². The second-order valence-electron chi connectivity index (χ2n) is 9.24. The van der Waals surface area contributed by atoms with Gasteiger partial charge in [0.15, 0.2) is 0 Å². The van der Waals surface area contributed by atoms with Crippen molar-refractivity contribution in [3.63, 3.8) is 0 Å². The van der Waals surface area contributed by atoms with Gasteiger partial charge in [-0.15, -0.1) is 0 Å². The van der Waals surface area contributed by atoms with Crippen LogP contribution in [0.25, 0.3) is 22.0 Å². The van der Waals surface area contributed by atoms with Gasteiger partial charge in [0.1, 0.15) is 0 Å². The Hall–Kier alpha value is -2.18. The Morgan fingerprint density at radius 2 is 1.90 bits per heavy atom. The Bertz CT molecular complexity index is 1020. The molecule has 0 radical (unpaired) electrons. The summed E-state index contributed by atoms with van der Waals surface area (Å²) in [6.45, 7) is 6.65. The van der Waals surface area contributed by atoms with Gasteiger partial charge in [-0.25, -0.2) is 0 Å². The van der Waals surface area contributed by atoms with Crippen molar-refractivity contribution in [2.45, 2.75) is 44.7 Å². The molecular formula is C23H30N6. The van der Waals surface area contributed by atoms with Gasteiger partial charge in [0.05, 0.1) is 29.5 Å². The van der Waals surface area contributed by atoms with E-state index in [1.807, 2.05) is 0 Å². The first-order valence-electron chi connectivity index (χ1n) is 11.2. The first kappa shape index (κ1) is 17.7. The van der Waals surface area contributed by atoms with Crippen LogP contribution in [0.1, 0.15) is 43.5 Å². The molecule has 3 fully saturated rings. The molecule has 6 nitrogen and oxygen atoms in total. The monoisotopic (exact) mass is 390 g/mol. The van der Waals surface area contributed by atoms with Crippen molar-refractivity contribution in [3.05, 3.63) is 36.3 Å². The lowest BCUT2D eigenvalue weighted by molar-refractivity contribution is 0.354. The zero-order valence-corrected chi connectivity index (χ0v) is 17.1. The van der Waals surface area contributed by atoms with E-state index in [2.05, 4.69) is 57.5 Å². The summed E-state index contributed by atoms with van der Waals surface area (Å²) in [6.07, 6.45) is 9.26. The third kappa shape index (κ3) is 2.92. The topological polar surface area (TPSA) is 59.7 Å². The third-order valence-electron chi connectivity index (χ3n) is 7.44. The van der Waals surface area contributed by atoms with E-state index in [1.54, 1.807) is 0 Å². The maximum atomic E-state index is 4.96. The average molecular weight is 391 g/mol. The fourth-order valence-electron chi connectivity index (χ4n) is 5.96. The third-order valence-corrected chi connectivity index (χ3v) is 7.44. The van der Waals surface area contributed by atoms with E-state index in [0.29, 0.717) is 12.1 Å². The van der Waals surface area contributed by atoms with E-state index in [1.165, 1.54) is 60.8 Å². The molecule has 3 atom stereocenters. The van der Waals surface area contributed by atoms with E-state index < -0.39 is 0 Å². The predicted molar refractivity (Wildman–Crippen MR) is 115 cm³/mol. The van der Waals surface area contributed by atoms with Gasteiger partial charge in [0, 0.05) is 23.7 Å². The molecule has 6 rings (SSSR count). The number of piperidine rings is 1. The van der Waals surface area contributed by atoms with Crippen molar-refractivity contribution in [2.75, 3.05) is 26.2 Å². The number of hydrogen-bond donors (Lipinski definition) is 2. The van der Waals surface area contributed by atoms with Crippen LogP contribution in [0.3, 0.4) is 0 Å². The van der Waals surface area contributed by atoms with Gasteiger partial charge >= 0.3 is 0 Å². The molecule has 152 valence electrons. The summed E-state index contributed by atoms with van der Waals surface area (Å²) in [5.41, 5.74) is 4.86. The first-order chi connectivity index (χ1) is 14.3. The van der Waals surface area contributed by atoms with E-state index in [9.17, 15) is 0 Å². The largest absolute Gasteiger partial charge is 0.316 e. The molecular weight excluding hydrogens is 360 g/mol. The maximum absolute atomic E-state index is 4.96. The number of aryl methyl sites for hydroxylation is 1. The van der Waals surface area contributed by atoms with Crippen LogP contribution in [0.5, 0.6) is 0 Å². The summed E-state index contributed by atoms with van der Waals surface area (Å²) in [5, 5.41) is 18.1. The fraction of sp³-hybridized carbons (Fsp3) is 0.565. The Morgan fingerprint density at radius 1 is 1.03 bits per heavy atom. The summed E-state index contributed by atoms with van der Waals surface area (Å²) in [4.78, 5) is 0. The average Bonchev–Trinajstić information content (AvgIpc) is 3.51. The summed E-state index contributed by atoms with van der Waals surface area (Å²) < 4.78 is 4.49. The molecule has 3 aliphatic rings. The van der Waals surface area contributed by atoms with Gasteiger partial charge in [-0.1, -0.05) is 12.1 Å². The molecule has 0 spiro atoms. The first-order valence-corrected chi connectivity index (χ1v) is 11.2. The Labute approximate surface area is 171 Å². The summed E-state index contributed by atoms with van der Waals surface area (Å²) in [7, 11) is 0. The van der Waals surface area contributed by atoms with E-state index in [4.69, 9.17) is 10.2 Å². The summed E-state index contributed by atoms with van der Waals surface area (Å²) in [6, 6.07) is 7.63. The van der Waals surface area contributed by atoms with Gasteiger partial charge in [0.25, 0.3) is 0 Å². The maximum Gasteiger partial charge on any atom is 0.0695 e. The Kier molecular flexibility index (Phi) is 4.24. The zero-order valence-electron chi connectivity index (χ0n) is 17.1. The van der Waals surface area contributed by atoms with Gasteiger partial charge in [-0.2, -0.15) is 10.2 Å². The lowest BCUT2D eigenvalue weighted by atomic mass is 10.0. The van der Waals surface area contributed by atoms with Crippen LogP contribution in [0.4, 0.5) is 0 Å². The molecule has 29 heavy (non-hydrogen) atoms. The molecule has 2 saturated heterocycles. The fourth-order valence-corrected chi connectivity index (χ4v) is 5.96. The highest BCUT2D eigenvalue weighted by molar-refractivity contribution is 5.96. The van der Waals surface area contributed by atoms with Crippen LogP contribution in [0, 0.1) is 18.8 Å². The minimum absolute atomic E-state index is 0.449. The second kappa shape index (κ2) is 6.96. The van der Waals surface area contributed by atoms with E-state index in [-0.39, 0.29) is 0 Å². The molecule has 1 saturated carbocycles. The van der Waals surface area contributed by atoms with Crippen molar-refractivity contribution in [3.8, 4) is 11.1 Å². The van der Waals surface area contributed by atoms with E-state index in [0.717, 1.165) is 30.6 Å². The molecule has 2 aliphatic heterocycles. The van der Waals surface area contributed by atoms with Crippen molar-refractivity contribution in [1.29, 1.82) is 0 Å². The van der Waals surface area contributed by atoms with Crippen LogP contribution in [-0.4, -0.2) is 45.7 Å². The number of nitrogens with one attached hydrogen (secondary N) is 2. The molecule has 3 aromatic rings. The lowest BCUT2D eigenvalue weighted by Crippen LogP contribution is -2.32. The molecule has 6 heteroatoms. The summed E-state index contributed by atoms with van der Waals surface area (Å²) >= 11 is 0. The van der Waals surface area contributed by atoms with Gasteiger partial charge in [-0.3, -0.25) is 9.36 Å². The number of hydrogen-bond acceptors (Lipinski definition) is 4. The Morgan fingerprint density at radius 3 is 2.69 bits per heavy atom. The number of fused-ring (bicyclic) bond motifs is 2. The number of rotatable bonds is 3. The highest BCUT2D eigenvalue weighted by atomic mass is 15.3. The minimum Gasteiger partial charge on any atom is -0.316 e. The van der Waals surface area contributed by atoms with E-state index >= 15 is 0 Å². The number of benzene rings is 1. The highest BCUT2D eigenvalue weighted by Gasteiger charge is 2.38. The van der Waals surface area contributed by atoms with Crippen LogP contribution in [0.2, 0.25) is 0 Å².